The van der Waals surface area contributed by atoms with Crippen LogP contribution >= 0.6 is 0 Å². The summed E-state index contributed by atoms with van der Waals surface area (Å²) in [6, 6.07) is 6.44. The Kier molecular flexibility index (Phi) is 5.78. The fourth-order valence-corrected chi connectivity index (χ4v) is 3.48. The predicted molar refractivity (Wildman–Crippen MR) is 96.7 cm³/mol. The maximum atomic E-state index is 12.5. The Morgan fingerprint density at radius 3 is 2.46 bits per heavy atom. The fraction of sp³-hybridized carbons (Fsp3) is 0.474. The highest BCUT2D eigenvalue weighted by atomic mass is 16.5. The molecule has 26 heavy (non-hydrogen) atoms. The van der Waals surface area contributed by atoms with E-state index in [0.29, 0.717) is 23.6 Å². The van der Waals surface area contributed by atoms with E-state index >= 15 is 0 Å². The summed E-state index contributed by atoms with van der Waals surface area (Å²) >= 11 is 0. The van der Waals surface area contributed by atoms with E-state index in [0.717, 1.165) is 31.5 Å². The smallest absolute Gasteiger partial charge is 0.338 e. The third kappa shape index (κ3) is 3.99. The van der Waals surface area contributed by atoms with Gasteiger partial charge in [-0.25, -0.2) is 9.59 Å². The quantitative estimate of drug-likeness (QED) is 0.786. The van der Waals surface area contributed by atoms with Gasteiger partial charge in [0.15, 0.2) is 0 Å². The first kappa shape index (κ1) is 18.3. The van der Waals surface area contributed by atoms with Crippen LogP contribution in [0.3, 0.4) is 0 Å². The molecule has 0 saturated carbocycles. The van der Waals surface area contributed by atoms with Crippen molar-refractivity contribution in [3.8, 4) is 5.75 Å². The second kappa shape index (κ2) is 8.23. The molecule has 2 amide bonds. The Bertz CT molecular complexity index is 693. The SMILES string of the molecule is COC(=O)C1=C(CN2CCCCC2)NC(=O)N[C@H]1c1ccc(OC)cc1. The van der Waals surface area contributed by atoms with Gasteiger partial charge in [-0.2, -0.15) is 0 Å². The number of benzene rings is 1. The van der Waals surface area contributed by atoms with Crippen LogP contribution in [0.5, 0.6) is 5.75 Å². The van der Waals surface area contributed by atoms with Gasteiger partial charge in [-0.05, 0) is 43.6 Å². The van der Waals surface area contributed by atoms with E-state index in [-0.39, 0.29) is 6.03 Å². The first-order valence-corrected chi connectivity index (χ1v) is 8.87. The zero-order chi connectivity index (χ0) is 18.5. The van der Waals surface area contributed by atoms with E-state index in [2.05, 4.69) is 15.5 Å². The van der Waals surface area contributed by atoms with Gasteiger partial charge >= 0.3 is 12.0 Å². The molecule has 2 heterocycles. The normalized spacial score (nSPS) is 21.0. The number of carbonyl (C=O) groups is 2. The first-order chi connectivity index (χ1) is 12.6. The average Bonchev–Trinajstić information content (AvgIpc) is 2.68. The molecular weight excluding hydrogens is 334 g/mol. The zero-order valence-electron chi connectivity index (χ0n) is 15.2. The Balaban J connectivity index is 1.95. The van der Waals surface area contributed by atoms with Crippen LogP contribution in [0.15, 0.2) is 35.5 Å². The molecule has 7 heteroatoms. The standard InChI is InChI=1S/C19H25N3O4/c1-25-14-8-6-13(7-9-14)17-16(18(23)26-2)15(20-19(24)21-17)12-22-10-4-3-5-11-22/h6-9,17H,3-5,10-12H2,1-2H3,(H2,20,21,24)/t17-/m0/s1. The topological polar surface area (TPSA) is 79.9 Å². The van der Waals surface area contributed by atoms with Crippen LogP contribution < -0.4 is 15.4 Å². The summed E-state index contributed by atoms with van der Waals surface area (Å²) in [5.74, 6) is 0.275. The van der Waals surface area contributed by atoms with Crippen molar-refractivity contribution in [2.24, 2.45) is 0 Å². The van der Waals surface area contributed by atoms with E-state index in [1.165, 1.54) is 13.5 Å². The lowest BCUT2D eigenvalue weighted by atomic mass is 9.94. The maximum absolute atomic E-state index is 12.5. The van der Waals surface area contributed by atoms with Gasteiger partial charge in [0.2, 0.25) is 0 Å². The van der Waals surface area contributed by atoms with Crippen molar-refractivity contribution >= 4 is 12.0 Å². The highest BCUT2D eigenvalue weighted by Crippen LogP contribution is 2.29. The number of rotatable bonds is 5. The minimum absolute atomic E-state index is 0.314. The minimum Gasteiger partial charge on any atom is -0.497 e. The fourth-order valence-electron chi connectivity index (χ4n) is 3.48. The Morgan fingerprint density at radius 2 is 1.85 bits per heavy atom. The molecule has 2 N–H and O–H groups in total. The molecule has 1 saturated heterocycles. The minimum atomic E-state index is -0.554. The summed E-state index contributed by atoms with van der Waals surface area (Å²) in [4.78, 5) is 27.0. The zero-order valence-corrected chi connectivity index (χ0v) is 15.2. The van der Waals surface area contributed by atoms with Crippen molar-refractivity contribution in [1.82, 2.24) is 15.5 Å². The summed E-state index contributed by atoms with van der Waals surface area (Å²) in [6.07, 6.45) is 3.49. The van der Waals surface area contributed by atoms with E-state index in [4.69, 9.17) is 9.47 Å². The van der Waals surface area contributed by atoms with Gasteiger partial charge < -0.3 is 20.1 Å². The average molecular weight is 359 g/mol. The molecule has 0 unspecified atom stereocenters. The number of methoxy groups -OCH3 is 2. The van der Waals surface area contributed by atoms with Gasteiger partial charge in [-0.3, -0.25) is 4.90 Å². The van der Waals surface area contributed by atoms with Crippen LogP contribution in [0.4, 0.5) is 4.79 Å². The van der Waals surface area contributed by atoms with Crippen LogP contribution in [-0.2, 0) is 9.53 Å². The molecule has 0 aromatic heterocycles. The van der Waals surface area contributed by atoms with Crippen LogP contribution in [0.25, 0.3) is 0 Å². The molecule has 0 bridgehead atoms. The van der Waals surface area contributed by atoms with Crippen LogP contribution in [0, 0.1) is 0 Å². The Morgan fingerprint density at radius 1 is 1.15 bits per heavy atom. The number of likely N-dealkylation sites (tertiary alicyclic amines) is 1. The Labute approximate surface area is 153 Å². The highest BCUT2D eigenvalue weighted by Gasteiger charge is 2.34. The molecule has 0 aliphatic carbocycles. The van der Waals surface area contributed by atoms with Crippen LogP contribution in [0.1, 0.15) is 30.9 Å². The molecule has 1 aromatic carbocycles. The lowest BCUT2D eigenvalue weighted by molar-refractivity contribution is -0.136. The number of carbonyl (C=O) groups excluding carboxylic acids is 2. The third-order valence-corrected chi connectivity index (χ3v) is 4.84. The van der Waals surface area contributed by atoms with E-state index < -0.39 is 12.0 Å². The summed E-state index contributed by atoms with van der Waals surface area (Å²) < 4.78 is 10.2. The third-order valence-electron chi connectivity index (χ3n) is 4.84. The van der Waals surface area contributed by atoms with Crippen molar-refractivity contribution in [3.63, 3.8) is 0 Å². The molecule has 0 radical (unpaired) electrons. The molecule has 2 aliphatic heterocycles. The van der Waals surface area contributed by atoms with Gasteiger partial charge in [-0.15, -0.1) is 0 Å². The van der Waals surface area contributed by atoms with Gasteiger partial charge in [0.25, 0.3) is 0 Å². The first-order valence-electron chi connectivity index (χ1n) is 8.87. The number of hydrogen-bond donors (Lipinski definition) is 2. The number of piperidine rings is 1. The van der Waals surface area contributed by atoms with E-state index in [9.17, 15) is 9.59 Å². The molecule has 1 aromatic rings. The number of nitrogens with one attached hydrogen (secondary N) is 2. The molecule has 140 valence electrons. The number of ether oxygens (including phenoxy) is 2. The van der Waals surface area contributed by atoms with Crippen LogP contribution in [0.2, 0.25) is 0 Å². The lowest BCUT2D eigenvalue weighted by Crippen LogP contribution is -2.48. The highest BCUT2D eigenvalue weighted by molar-refractivity contribution is 5.95. The second-order valence-electron chi connectivity index (χ2n) is 6.53. The summed E-state index contributed by atoms with van der Waals surface area (Å²) in [5.41, 5.74) is 1.86. The van der Waals surface area contributed by atoms with E-state index in [1.807, 2.05) is 24.3 Å². The number of urea groups is 1. The number of esters is 1. The maximum Gasteiger partial charge on any atom is 0.338 e. The largest absolute Gasteiger partial charge is 0.497 e. The van der Waals surface area contributed by atoms with Crippen molar-refractivity contribution < 1.29 is 19.1 Å². The summed E-state index contributed by atoms with van der Waals surface area (Å²) in [7, 11) is 2.95. The molecule has 3 rings (SSSR count). The second-order valence-corrected chi connectivity index (χ2v) is 6.53. The number of nitrogens with zero attached hydrogens (tertiary/aromatic N) is 1. The molecule has 1 atom stereocenters. The summed E-state index contributed by atoms with van der Waals surface area (Å²) in [5, 5.41) is 5.65. The number of amides is 2. The van der Waals surface area contributed by atoms with Crippen molar-refractivity contribution in [3.05, 3.63) is 41.1 Å². The molecule has 0 spiro atoms. The predicted octanol–water partition coefficient (Wildman–Crippen LogP) is 1.96. The molecular formula is C19H25N3O4. The molecule has 2 aliphatic rings. The van der Waals surface area contributed by atoms with Crippen molar-refractivity contribution in [1.29, 1.82) is 0 Å². The molecule has 7 nitrogen and oxygen atoms in total. The van der Waals surface area contributed by atoms with Gasteiger partial charge in [0.1, 0.15) is 5.75 Å². The summed E-state index contributed by atoms with van der Waals surface area (Å²) in [6.45, 7) is 2.47. The number of hydrogen-bond acceptors (Lipinski definition) is 5. The molecule has 1 fully saturated rings. The lowest BCUT2D eigenvalue weighted by Gasteiger charge is -2.33. The van der Waals surface area contributed by atoms with E-state index in [1.54, 1.807) is 7.11 Å². The van der Waals surface area contributed by atoms with Crippen molar-refractivity contribution in [2.45, 2.75) is 25.3 Å². The Hall–Kier alpha value is -2.54. The van der Waals surface area contributed by atoms with Gasteiger partial charge in [0.05, 0.1) is 25.8 Å². The van der Waals surface area contributed by atoms with Gasteiger partial charge in [-0.1, -0.05) is 18.6 Å². The van der Waals surface area contributed by atoms with Crippen LogP contribution in [-0.4, -0.2) is 50.8 Å². The monoisotopic (exact) mass is 359 g/mol. The van der Waals surface area contributed by atoms with Crippen molar-refractivity contribution in [2.75, 3.05) is 33.9 Å². The van der Waals surface area contributed by atoms with Gasteiger partial charge in [0, 0.05) is 12.2 Å².